The maximum absolute atomic E-state index is 9.31. The average Bonchev–Trinajstić information content (AvgIpc) is 3.21. The maximum Gasteiger partial charge on any atom is 0.124 e. The third-order valence-corrected chi connectivity index (χ3v) is 4.85. The fourth-order valence-corrected chi connectivity index (χ4v) is 3.61. The first-order valence-corrected chi connectivity index (χ1v) is 8.43. The summed E-state index contributed by atoms with van der Waals surface area (Å²) in [4.78, 5) is 10.7. The first-order valence-electron chi connectivity index (χ1n) is 8.43. The Morgan fingerprint density at radius 1 is 1.29 bits per heavy atom. The van der Waals surface area contributed by atoms with Crippen molar-refractivity contribution in [3.8, 4) is 6.07 Å². The second-order valence-corrected chi connectivity index (χ2v) is 6.54. The van der Waals surface area contributed by atoms with E-state index in [1.807, 2.05) is 18.2 Å². The lowest BCUT2D eigenvalue weighted by Crippen LogP contribution is -2.24. The Morgan fingerprint density at radius 3 is 3.04 bits per heavy atom. The van der Waals surface area contributed by atoms with Crippen LogP contribution in [-0.2, 0) is 6.54 Å². The molecule has 4 nitrogen and oxygen atoms in total. The molecule has 1 saturated heterocycles. The van der Waals surface area contributed by atoms with Crippen molar-refractivity contribution >= 4 is 11.0 Å². The minimum Gasteiger partial charge on any atom is -0.341 e. The number of H-pyrrole nitrogens is 1. The largest absolute Gasteiger partial charge is 0.341 e. The van der Waals surface area contributed by atoms with Gasteiger partial charge in [-0.25, -0.2) is 4.98 Å². The van der Waals surface area contributed by atoms with Crippen molar-refractivity contribution in [3.63, 3.8) is 0 Å². The molecule has 0 saturated carbocycles. The first-order chi connectivity index (χ1) is 11.7. The van der Waals surface area contributed by atoms with Crippen LogP contribution in [0.25, 0.3) is 11.0 Å². The zero-order chi connectivity index (χ0) is 16.5. The monoisotopic (exact) mass is 316 g/mol. The van der Waals surface area contributed by atoms with Gasteiger partial charge in [-0.15, -0.1) is 0 Å². The number of nitrogens with zero attached hydrogens (tertiary/aromatic N) is 3. The van der Waals surface area contributed by atoms with Crippen molar-refractivity contribution in [3.05, 3.63) is 65.0 Å². The molecule has 0 aliphatic carbocycles. The normalized spacial score (nSPS) is 18.1. The summed E-state index contributed by atoms with van der Waals surface area (Å²) in [7, 11) is 0. The van der Waals surface area contributed by atoms with Gasteiger partial charge in [0.15, 0.2) is 0 Å². The van der Waals surface area contributed by atoms with Gasteiger partial charge >= 0.3 is 0 Å². The highest BCUT2D eigenvalue weighted by Crippen LogP contribution is 2.33. The van der Waals surface area contributed by atoms with Crippen LogP contribution in [0.1, 0.15) is 41.4 Å². The molecule has 2 heterocycles. The number of imidazole rings is 1. The molecule has 0 radical (unpaired) electrons. The lowest BCUT2D eigenvalue weighted by molar-refractivity contribution is 0.241. The number of nitrogens with one attached hydrogen (secondary N) is 1. The van der Waals surface area contributed by atoms with Crippen LogP contribution in [0.15, 0.2) is 42.5 Å². The third-order valence-electron chi connectivity index (χ3n) is 4.85. The summed E-state index contributed by atoms with van der Waals surface area (Å²) in [5.74, 6) is 1.04. The number of aromatic amines is 1. The van der Waals surface area contributed by atoms with E-state index in [1.165, 1.54) is 5.56 Å². The van der Waals surface area contributed by atoms with Crippen molar-refractivity contribution in [1.82, 2.24) is 14.9 Å². The molecule has 1 N–H and O–H groups in total. The van der Waals surface area contributed by atoms with Gasteiger partial charge in [0.25, 0.3) is 0 Å². The van der Waals surface area contributed by atoms with Gasteiger partial charge in [0, 0.05) is 6.54 Å². The molecule has 3 aromatic rings. The summed E-state index contributed by atoms with van der Waals surface area (Å²) in [6.45, 7) is 3.94. The fourth-order valence-electron chi connectivity index (χ4n) is 3.61. The standard InChI is InChI=1S/C20H20N4/c1-14-8-9-17-18(11-14)23-20(22-17)19-7-4-10-24(19)13-16-6-3-2-5-15(16)12-21/h2-3,5-6,8-9,11,19H,4,7,10,13H2,1H3,(H,22,23). The number of likely N-dealkylation sites (tertiary alicyclic amines) is 1. The van der Waals surface area contributed by atoms with E-state index < -0.39 is 0 Å². The SMILES string of the molecule is Cc1ccc2nc(C3CCCN3Cc3ccccc3C#N)[nH]c2c1. The van der Waals surface area contributed by atoms with Crippen molar-refractivity contribution in [2.75, 3.05) is 6.54 Å². The van der Waals surface area contributed by atoms with E-state index in [-0.39, 0.29) is 0 Å². The van der Waals surface area contributed by atoms with E-state index in [1.54, 1.807) is 0 Å². The summed E-state index contributed by atoms with van der Waals surface area (Å²) in [5, 5.41) is 9.31. The third kappa shape index (κ3) is 2.68. The van der Waals surface area contributed by atoms with Crippen molar-refractivity contribution < 1.29 is 0 Å². The summed E-state index contributed by atoms with van der Waals surface area (Å²) in [5.41, 5.74) is 5.24. The molecular weight excluding hydrogens is 296 g/mol. The number of fused-ring (bicyclic) bond motifs is 1. The quantitative estimate of drug-likeness (QED) is 0.792. The Morgan fingerprint density at radius 2 is 2.17 bits per heavy atom. The van der Waals surface area contributed by atoms with Crippen LogP contribution in [0.4, 0.5) is 0 Å². The molecule has 2 aromatic carbocycles. The molecule has 24 heavy (non-hydrogen) atoms. The Hall–Kier alpha value is -2.64. The van der Waals surface area contributed by atoms with Crippen LogP contribution >= 0.6 is 0 Å². The lowest BCUT2D eigenvalue weighted by Gasteiger charge is -2.23. The predicted molar refractivity (Wildman–Crippen MR) is 94.4 cm³/mol. The molecule has 0 amide bonds. The summed E-state index contributed by atoms with van der Waals surface area (Å²) in [6, 6.07) is 16.8. The van der Waals surface area contributed by atoms with E-state index in [0.29, 0.717) is 6.04 Å². The number of aryl methyl sites for hydroxylation is 1. The number of rotatable bonds is 3. The molecule has 1 unspecified atom stereocenters. The fraction of sp³-hybridized carbons (Fsp3) is 0.300. The zero-order valence-corrected chi connectivity index (χ0v) is 13.8. The van der Waals surface area contributed by atoms with E-state index in [9.17, 15) is 5.26 Å². The van der Waals surface area contributed by atoms with Crippen LogP contribution in [-0.4, -0.2) is 21.4 Å². The summed E-state index contributed by atoms with van der Waals surface area (Å²) < 4.78 is 0. The summed E-state index contributed by atoms with van der Waals surface area (Å²) in [6.07, 6.45) is 2.27. The minimum absolute atomic E-state index is 0.296. The smallest absolute Gasteiger partial charge is 0.124 e. The Kier molecular flexibility index (Phi) is 3.79. The molecule has 120 valence electrons. The molecule has 1 aliphatic heterocycles. The second-order valence-electron chi connectivity index (χ2n) is 6.54. The van der Waals surface area contributed by atoms with E-state index in [2.05, 4.69) is 47.1 Å². The van der Waals surface area contributed by atoms with Gasteiger partial charge in [-0.3, -0.25) is 4.90 Å². The molecule has 0 spiro atoms. The Bertz CT molecular complexity index is 919. The van der Waals surface area contributed by atoms with E-state index >= 15 is 0 Å². The minimum atomic E-state index is 0.296. The van der Waals surface area contributed by atoms with Gasteiger partial charge in [0.1, 0.15) is 5.82 Å². The van der Waals surface area contributed by atoms with Crippen LogP contribution in [0.5, 0.6) is 0 Å². The molecule has 4 rings (SSSR count). The van der Waals surface area contributed by atoms with Gasteiger partial charge in [0.2, 0.25) is 0 Å². The molecule has 1 aromatic heterocycles. The molecule has 1 atom stereocenters. The number of hydrogen-bond donors (Lipinski definition) is 1. The summed E-state index contributed by atoms with van der Waals surface area (Å²) >= 11 is 0. The Labute approximate surface area is 141 Å². The molecule has 1 fully saturated rings. The van der Waals surface area contributed by atoms with Crippen molar-refractivity contribution in [2.45, 2.75) is 32.4 Å². The maximum atomic E-state index is 9.31. The van der Waals surface area contributed by atoms with Gasteiger partial charge in [-0.05, 0) is 55.6 Å². The topological polar surface area (TPSA) is 55.7 Å². The second kappa shape index (κ2) is 6.10. The first kappa shape index (κ1) is 14.9. The predicted octanol–water partition coefficient (Wildman–Crippen LogP) is 4.08. The highest BCUT2D eigenvalue weighted by atomic mass is 15.2. The van der Waals surface area contributed by atoms with Crippen LogP contribution in [0.3, 0.4) is 0 Å². The number of benzene rings is 2. The van der Waals surface area contributed by atoms with Crippen LogP contribution in [0.2, 0.25) is 0 Å². The molecule has 0 bridgehead atoms. The highest BCUT2D eigenvalue weighted by Gasteiger charge is 2.28. The van der Waals surface area contributed by atoms with Crippen LogP contribution < -0.4 is 0 Å². The van der Waals surface area contributed by atoms with Gasteiger partial charge in [0.05, 0.1) is 28.7 Å². The highest BCUT2D eigenvalue weighted by molar-refractivity contribution is 5.75. The van der Waals surface area contributed by atoms with Gasteiger partial charge < -0.3 is 4.98 Å². The molecular formula is C20H20N4. The average molecular weight is 316 g/mol. The van der Waals surface area contributed by atoms with Gasteiger partial charge in [-0.1, -0.05) is 24.3 Å². The number of aromatic nitrogens is 2. The van der Waals surface area contributed by atoms with Gasteiger partial charge in [-0.2, -0.15) is 5.26 Å². The van der Waals surface area contributed by atoms with E-state index in [0.717, 1.165) is 53.9 Å². The molecule has 1 aliphatic rings. The molecule has 4 heteroatoms. The van der Waals surface area contributed by atoms with Crippen molar-refractivity contribution in [1.29, 1.82) is 5.26 Å². The lowest BCUT2D eigenvalue weighted by atomic mass is 10.1. The van der Waals surface area contributed by atoms with Crippen molar-refractivity contribution in [2.24, 2.45) is 0 Å². The Balaban J connectivity index is 1.63. The van der Waals surface area contributed by atoms with Crippen LogP contribution in [0, 0.1) is 18.3 Å². The zero-order valence-electron chi connectivity index (χ0n) is 13.8. The number of hydrogen-bond acceptors (Lipinski definition) is 3. The number of nitriles is 1. The van der Waals surface area contributed by atoms with E-state index in [4.69, 9.17) is 4.98 Å².